The topological polar surface area (TPSA) is 47.4 Å². The van der Waals surface area contributed by atoms with Crippen LogP contribution >= 0.6 is 11.8 Å². The summed E-state index contributed by atoms with van der Waals surface area (Å²) in [6, 6.07) is 10.6. The highest BCUT2D eigenvalue weighted by atomic mass is 32.2. The van der Waals surface area contributed by atoms with Gasteiger partial charge < -0.3 is 14.2 Å². The minimum Gasteiger partial charge on any atom is -0.378 e. The fourth-order valence-electron chi connectivity index (χ4n) is 2.97. The van der Waals surface area contributed by atoms with Crippen molar-refractivity contribution >= 4 is 17.7 Å². The molecule has 0 bridgehead atoms. The molecule has 0 unspecified atom stereocenters. The van der Waals surface area contributed by atoms with Crippen LogP contribution in [0.25, 0.3) is 0 Å². The van der Waals surface area contributed by atoms with Gasteiger partial charge in [-0.05, 0) is 18.4 Å². The van der Waals surface area contributed by atoms with Crippen LogP contribution in [0.2, 0.25) is 0 Å². The van der Waals surface area contributed by atoms with Crippen molar-refractivity contribution in [2.75, 3.05) is 26.3 Å². The highest BCUT2D eigenvalue weighted by Gasteiger charge is 2.31. The molecule has 0 N–H and O–H groups in total. The molecule has 24 heavy (non-hydrogen) atoms. The van der Waals surface area contributed by atoms with Crippen LogP contribution in [0.15, 0.2) is 47.9 Å². The first kappa shape index (κ1) is 15.7. The molecule has 5 nitrogen and oxygen atoms in total. The maximum absolute atomic E-state index is 13.1. The standard InChI is InChI=1S/C18H21N3O2S/c22-17(20-10-12-23-13-11-20)16(14-4-2-1-3-5-14)24-18-19-8-9-21(18)15-6-7-15/h1-5,8-9,15-16H,6-7,10-13H2/t16-/m0/s1. The molecule has 1 saturated heterocycles. The smallest absolute Gasteiger partial charge is 0.240 e. The van der Waals surface area contributed by atoms with Crippen molar-refractivity contribution < 1.29 is 9.53 Å². The summed E-state index contributed by atoms with van der Waals surface area (Å²) >= 11 is 1.57. The predicted molar refractivity (Wildman–Crippen MR) is 92.9 cm³/mol. The predicted octanol–water partition coefficient (Wildman–Crippen LogP) is 2.91. The molecule has 2 fully saturated rings. The third kappa shape index (κ3) is 3.35. The quantitative estimate of drug-likeness (QED) is 0.783. The number of benzene rings is 1. The van der Waals surface area contributed by atoms with E-state index in [1.807, 2.05) is 47.6 Å². The summed E-state index contributed by atoms with van der Waals surface area (Å²) in [4.78, 5) is 19.6. The first-order valence-electron chi connectivity index (χ1n) is 8.44. The van der Waals surface area contributed by atoms with Gasteiger partial charge in [-0.15, -0.1) is 0 Å². The summed E-state index contributed by atoms with van der Waals surface area (Å²) in [6.45, 7) is 2.57. The van der Waals surface area contributed by atoms with Crippen molar-refractivity contribution in [1.29, 1.82) is 0 Å². The van der Waals surface area contributed by atoms with Gasteiger partial charge in [0.2, 0.25) is 5.91 Å². The second kappa shape index (κ2) is 6.99. The van der Waals surface area contributed by atoms with E-state index in [1.165, 1.54) is 12.8 Å². The molecule has 1 aliphatic carbocycles. The summed E-state index contributed by atoms with van der Waals surface area (Å²) < 4.78 is 7.60. The molecule has 4 rings (SSSR count). The number of aromatic nitrogens is 2. The van der Waals surface area contributed by atoms with Crippen molar-refractivity contribution in [1.82, 2.24) is 14.5 Å². The first-order chi connectivity index (χ1) is 11.8. The van der Waals surface area contributed by atoms with Crippen LogP contribution < -0.4 is 0 Å². The number of ether oxygens (including phenoxy) is 1. The number of rotatable bonds is 5. The monoisotopic (exact) mass is 343 g/mol. The molecule has 1 amide bonds. The lowest BCUT2D eigenvalue weighted by molar-refractivity contribution is -0.134. The summed E-state index contributed by atoms with van der Waals surface area (Å²) in [5, 5.41) is 0.678. The summed E-state index contributed by atoms with van der Waals surface area (Å²) in [5.41, 5.74) is 1.03. The molecule has 0 radical (unpaired) electrons. The van der Waals surface area contributed by atoms with Gasteiger partial charge >= 0.3 is 0 Å². The van der Waals surface area contributed by atoms with Gasteiger partial charge in [-0.2, -0.15) is 0 Å². The Hall–Kier alpha value is -1.79. The van der Waals surface area contributed by atoms with E-state index in [1.54, 1.807) is 11.8 Å². The van der Waals surface area contributed by atoms with Crippen LogP contribution in [0.4, 0.5) is 0 Å². The van der Waals surface area contributed by atoms with E-state index in [0.29, 0.717) is 32.3 Å². The number of nitrogens with zero attached hydrogens (tertiary/aromatic N) is 3. The van der Waals surface area contributed by atoms with Gasteiger partial charge in [0.05, 0.1) is 13.2 Å². The lowest BCUT2D eigenvalue weighted by atomic mass is 10.1. The zero-order valence-corrected chi connectivity index (χ0v) is 14.3. The average molecular weight is 343 g/mol. The number of hydrogen-bond acceptors (Lipinski definition) is 4. The van der Waals surface area contributed by atoms with E-state index in [9.17, 15) is 4.79 Å². The van der Waals surface area contributed by atoms with Crippen molar-refractivity contribution in [3.05, 3.63) is 48.3 Å². The third-order valence-corrected chi connectivity index (χ3v) is 5.68. The van der Waals surface area contributed by atoms with E-state index in [0.717, 1.165) is 10.7 Å². The van der Waals surface area contributed by atoms with Gasteiger partial charge in [-0.25, -0.2) is 4.98 Å². The number of amides is 1. The Morgan fingerprint density at radius 1 is 1.21 bits per heavy atom. The number of thioether (sulfide) groups is 1. The Bertz CT molecular complexity index is 693. The lowest BCUT2D eigenvalue weighted by Gasteiger charge is -2.30. The average Bonchev–Trinajstić information content (AvgIpc) is 3.39. The van der Waals surface area contributed by atoms with Gasteiger partial charge in [0, 0.05) is 31.5 Å². The third-order valence-electron chi connectivity index (χ3n) is 4.45. The Kier molecular flexibility index (Phi) is 4.58. The molecule has 1 aromatic heterocycles. The van der Waals surface area contributed by atoms with E-state index >= 15 is 0 Å². The molecule has 1 aliphatic heterocycles. The van der Waals surface area contributed by atoms with Crippen LogP contribution in [0.5, 0.6) is 0 Å². The first-order valence-corrected chi connectivity index (χ1v) is 9.32. The van der Waals surface area contributed by atoms with Crippen molar-refractivity contribution in [3.8, 4) is 0 Å². The van der Waals surface area contributed by atoms with Crippen LogP contribution in [-0.4, -0.2) is 46.7 Å². The Morgan fingerprint density at radius 2 is 1.96 bits per heavy atom. The summed E-state index contributed by atoms with van der Waals surface area (Å²) in [7, 11) is 0. The molecular weight excluding hydrogens is 322 g/mol. The van der Waals surface area contributed by atoms with Crippen molar-refractivity contribution in [2.45, 2.75) is 29.3 Å². The van der Waals surface area contributed by atoms with Crippen molar-refractivity contribution in [3.63, 3.8) is 0 Å². The zero-order chi connectivity index (χ0) is 16.4. The number of morpholine rings is 1. The zero-order valence-electron chi connectivity index (χ0n) is 13.5. The molecule has 6 heteroatoms. The van der Waals surface area contributed by atoms with Gasteiger partial charge in [0.1, 0.15) is 5.25 Å². The normalized spacial score (nSPS) is 19.2. The second-order valence-corrected chi connectivity index (χ2v) is 7.27. The van der Waals surface area contributed by atoms with Crippen LogP contribution in [0, 0.1) is 0 Å². The summed E-state index contributed by atoms with van der Waals surface area (Å²) in [5.74, 6) is 0.153. The van der Waals surface area contributed by atoms with Crippen molar-refractivity contribution in [2.24, 2.45) is 0 Å². The number of hydrogen-bond donors (Lipinski definition) is 0. The number of carbonyl (C=O) groups excluding carboxylic acids is 1. The highest BCUT2D eigenvalue weighted by molar-refractivity contribution is 8.00. The maximum Gasteiger partial charge on any atom is 0.240 e. The Balaban J connectivity index is 1.60. The molecule has 0 spiro atoms. The number of carbonyl (C=O) groups is 1. The van der Waals surface area contributed by atoms with Crippen LogP contribution in [-0.2, 0) is 9.53 Å². The second-order valence-electron chi connectivity index (χ2n) is 6.19. The molecular formula is C18H21N3O2S. The van der Waals surface area contributed by atoms with E-state index in [2.05, 4.69) is 9.55 Å². The Morgan fingerprint density at radius 3 is 2.67 bits per heavy atom. The Labute approximate surface area is 146 Å². The fraction of sp³-hybridized carbons (Fsp3) is 0.444. The largest absolute Gasteiger partial charge is 0.378 e. The summed E-state index contributed by atoms with van der Waals surface area (Å²) in [6.07, 6.45) is 6.28. The highest BCUT2D eigenvalue weighted by Crippen LogP contribution is 2.42. The van der Waals surface area contributed by atoms with Crippen LogP contribution in [0.3, 0.4) is 0 Å². The van der Waals surface area contributed by atoms with Crippen LogP contribution in [0.1, 0.15) is 29.7 Å². The van der Waals surface area contributed by atoms with E-state index in [4.69, 9.17) is 4.74 Å². The maximum atomic E-state index is 13.1. The van der Waals surface area contributed by atoms with E-state index < -0.39 is 0 Å². The van der Waals surface area contributed by atoms with Gasteiger partial charge in [0.15, 0.2) is 5.16 Å². The molecule has 1 atom stereocenters. The minimum absolute atomic E-state index is 0.153. The van der Waals surface area contributed by atoms with Gasteiger partial charge in [-0.1, -0.05) is 42.1 Å². The van der Waals surface area contributed by atoms with E-state index in [-0.39, 0.29) is 11.2 Å². The molecule has 1 aromatic carbocycles. The molecule has 1 saturated carbocycles. The molecule has 126 valence electrons. The SMILES string of the molecule is O=C([C@@H](Sc1nccn1C1CC1)c1ccccc1)N1CCOCC1. The lowest BCUT2D eigenvalue weighted by Crippen LogP contribution is -2.42. The molecule has 2 aliphatic rings. The minimum atomic E-state index is -0.260. The number of imidazole rings is 1. The van der Waals surface area contributed by atoms with Gasteiger partial charge in [0.25, 0.3) is 0 Å². The van der Waals surface area contributed by atoms with Gasteiger partial charge in [-0.3, -0.25) is 4.79 Å². The molecule has 2 heterocycles. The fourth-order valence-corrected chi connectivity index (χ4v) is 4.17. The molecule has 2 aromatic rings.